The Kier molecular flexibility index (Phi) is 11.5. The van der Waals surface area contributed by atoms with Gasteiger partial charge < -0.3 is 59.7 Å². The van der Waals surface area contributed by atoms with Gasteiger partial charge in [0.05, 0.1) is 58.4 Å². The zero-order valence-corrected chi connectivity index (χ0v) is 23.1. The molecular formula is C30H37NO11. The highest BCUT2D eigenvalue weighted by Gasteiger charge is 2.43. The van der Waals surface area contributed by atoms with Crippen molar-refractivity contribution < 1.29 is 54.0 Å². The highest BCUT2D eigenvalue weighted by molar-refractivity contribution is 5.55. The van der Waals surface area contributed by atoms with Crippen molar-refractivity contribution in [3.05, 3.63) is 71.3 Å². The van der Waals surface area contributed by atoms with E-state index in [4.69, 9.17) is 34.2 Å². The standard InChI is InChI=1S/C30H37NO11/c31-6-7-37-8-9-38-10-11-39-12-13-40-29-26-22(33)16-21(32)17-25(26)42-28(20-14-23(34)27(36)24(35)15-20)30(29)41-18-19-4-2-1-3-5-19/h1-5,14-17,28-30,32-36H,6-13,18,31H2. The Morgan fingerprint density at radius 3 is 1.95 bits per heavy atom. The van der Waals surface area contributed by atoms with E-state index in [2.05, 4.69) is 0 Å². The van der Waals surface area contributed by atoms with Crippen molar-refractivity contribution in [2.45, 2.75) is 24.9 Å². The lowest BCUT2D eigenvalue weighted by Crippen LogP contribution is -2.38. The molecule has 1 aliphatic heterocycles. The van der Waals surface area contributed by atoms with Gasteiger partial charge in [0.25, 0.3) is 0 Å². The van der Waals surface area contributed by atoms with E-state index in [0.717, 1.165) is 5.56 Å². The molecule has 0 radical (unpaired) electrons. The molecule has 3 atom stereocenters. The average molecular weight is 588 g/mol. The maximum atomic E-state index is 10.8. The van der Waals surface area contributed by atoms with Crippen LogP contribution in [0.2, 0.25) is 0 Å². The Morgan fingerprint density at radius 2 is 1.31 bits per heavy atom. The first kappa shape index (κ1) is 31.2. The third-order valence-corrected chi connectivity index (χ3v) is 6.48. The normalized spacial score (nSPS) is 18.0. The maximum absolute atomic E-state index is 10.8. The minimum Gasteiger partial charge on any atom is -0.508 e. The molecular weight excluding hydrogens is 550 g/mol. The highest BCUT2D eigenvalue weighted by Crippen LogP contribution is 2.51. The molecule has 0 amide bonds. The highest BCUT2D eigenvalue weighted by atomic mass is 16.6. The van der Waals surface area contributed by atoms with Crippen LogP contribution in [-0.2, 0) is 30.3 Å². The molecule has 0 fully saturated rings. The predicted octanol–water partition coefficient (Wildman–Crippen LogP) is 3.00. The topological polar surface area (TPSA) is 183 Å². The second-order valence-electron chi connectivity index (χ2n) is 9.50. The first-order chi connectivity index (χ1) is 20.4. The smallest absolute Gasteiger partial charge is 0.200 e. The first-order valence-electron chi connectivity index (χ1n) is 13.6. The third kappa shape index (κ3) is 8.16. The monoisotopic (exact) mass is 587 g/mol. The van der Waals surface area contributed by atoms with Crippen LogP contribution >= 0.6 is 0 Å². The number of hydrogen-bond donors (Lipinski definition) is 6. The summed E-state index contributed by atoms with van der Waals surface area (Å²) in [5.41, 5.74) is 6.77. The number of aromatic hydroxyl groups is 5. The van der Waals surface area contributed by atoms with Crippen LogP contribution in [0.15, 0.2) is 54.6 Å². The van der Waals surface area contributed by atoms with Gasteiger partial charge in [-0.25, -0.2) is 0 Å². The Morgan fingerprint density at radius 1 is 0.690 bits per heavy atom. The lowest BCUT2D eigenvalue weighted by molar-refractivity contribution is -0.145. The summed E-state index contributed by atoms with van der Waals surface area (Å²) in [5, 5.41) is 51.3. The zero-order valence-electron chi connectivity index (χ0n) is 23.1. The first-order valence-corrected chi connectivity index (χ1v) is 13.6. The molecule has 4 rings (SSSR count). The molecule has 228 valence electrons. The molecule has 12 nitrogen and oxygen atoms in total. The van der Waals surface area contributed by atoms with Crippen molar-refractivity contribution >= 4 is 0 Å². The van der Waals surface area contributed by atoms with Gasteiger partial charge >= 0.3 is 0 Å². The number of ether oxygens (including phenoxy) is 6. The van der Waals surface area contributed by atoms with Gasteiger partial charge in [-0.1, -0.05) is 30.3 Å². The minimum atomic E-state index is -0.986. The van der Waals surface area contributed by atoms with Crippen molar-refractivity contribution in [3.8, 4) is 34.5 Å². The molecule has 0 aliphatic carbocycles. The van der Waals surface area contributed by atoms with Crippen LogP contribution < -0.4 is 10.5 Å². The molecule has 1 heterocycles. The lowest BCUT2D eigenvalue weighted by Gasteiger charge is -2.39. The fraction of sp³-hybridized carbons (Fsp3) is 0.400. The van der Waals surface area contributed by atoms with Gasteiger partial charge in [-0.3, -0.25) is 0 Å². The summed E-state index contributed by atoms with van der Waals surface area (Å²) in [6.45, 7) is 2.96. The third-order valence-electron chi connectivity index (χ3n) is 6.48. The molecule has 3 aromatic rings. The van der Waals surface area contributed by atoms with E-state index in [-0.39, 0.29) is 48.2 Å². The molecule has 1 aliphatic rings. The van der Waals surface area contributed by atoms with E-state index >= 15 is 0 Å². The second-order valence-corrected chi connectivity index (χ2v) is 9.50. The van der Waals surface area contributed by atoms with Crippen LogP contribution in [-0.4, -0.2) is 84.4 Å². The number of nitrogens with two attached hydrogens (primary N) is 1. The summed E-state index contributed by atoms with van der Waals surface area (Å²) < 4.78 is 35.0. The van der Waals surface area contributed by atoms with E-state index in [0.29, 0.717) is 39.6 Å². The number of rotatable bonds is 16. The van der Waals surface area contributed by atoms with Crippen LogP contribution in [0.5, 0.6) is 34.5 Å². The Hall–Kier alpha value is -3.78. The molecule has 12 heteroatoms. The molecule has 42 heavy (non-hydrogen) atoms. The van der Waals surface area contributed by atoms with Crippen LogP contribution in [0, 0.1) is 0 Å². The van der Waals surface area contributed by atoms with Crippen molar-refractivity contribution in [1.29, 1.82) is 0 Å². The molecule has 3 unspecified atom stereocenters. The van der Waals surface area contributed by atoms with Gasteiger partial charge in [-0.2, -0.15) is 0 Å². The SMILES string of the molecule is NCCOCCOCCOCCOC1c2c(O)cc(O)cc2OC(c2cc(O)c(O)c(O)c2)C1OCc1ccccc1. The molecule has 0 bridgehead atoms. The number of phenols is 5. The van der Waals surface area contributed by atoms with Crippen LogP contribution in [0.4, 0.5) is 0 Å². The van der Waals surface area contributed by atoms with Crippen molar-refractivity contribution in [2.24, 2.45) is 5.73 Å². The maximum Gasteiger partial charge on any atom is 0.200 e. The summed E-state index contributed by atoms with van der Waals surface area (Å²) in [6.07, 6.45) is -2.81. The molecule has 3 aromatic carbocycles. The molecule has 0 aromatic heterocycles. The lowest BCUT2D eigenvalue weighted by atomic mass is 9.90. The summed E-state index contributed by atoms with van der Waals surface area (Å²) >= 11 is 0. The van der Waals surface area contributed by atoms with Gasteiger partial charge in [-0.05, 0) is 17.7 Å². The molecule has 0 saturated heterocycles. The summed E-state index contributed by atoms with van der Waals surface area (Å²) in [5.74, 6) is -2.16. The van der Waals surface area contributed by atoms with Crippen LogP contribution in [0.25, 0.3) is 0 Å². The Bertz CT molecular complexity index is 1250. The van der Waals surface area contributed by atoms with E-state index in [1.54, 1.807) is 0 Å². The number of hydrogen-bond acceptors (Lipinski definition) is 12. The number of benzene rings is 3. The Labute approximate surface area is 243 Å². The van der Waals surface area contributed by atoms with Crippen molar-refractivity contribution in [3.63, 3.8) is 0 Å². The van der Waals surface area contributed by atoms with E-state index in [9.17, 15) is 25.5 Å². The number of fused-ring (bicyclic) bond motifs is 1. The van der Waals surface area contributed by atoms with Crippen LogP contribution in [0.1, 0.15) is 28.9 Å². The van der Waals surface area contributed by atoms with Crippen molar-refractivity contribution in [2.75, 3.05) is 52.8 Å². The fourth-order valence-electron chi connectivity index (χ4n) is 4.53. The predicted molar refractivity (Wildman–Crippen MR) is 150 cm³/mol. The second kappa shape index (κ2) is 15.4. The van der Waals surface area contributed by atoms with E-state index in [1.165, 1.54) is 24.3 Å². The zero-order chi connectivity index (χ0) is 29.9. The van der Waals surface area contributed by atoms with Gasteiger partial charge in [0.2, 0.25) is 0 Å². The van der Waals surface area contributed by atoms with Crippen molar-refractivity contribution in [1.82, 2.24) is 0 Å². The average Bonchev–Trinajstić information content (AvgIpc) is 2.97. The molecule has 0 spiro atoms. The Balaban J connectivity index is 1.52. The number of phenolic OH excluding ortho intramolecular Hbond substituents is 5. The van der Waals surface area contributed by atoms with Crippen LogP contribution in [0.3, 0.4) is 0 Å². The quantitative estimate of drug-likeness (QED) is 0.107. The fourth-order valence-corrected chi connectivity index (χ4v) is 4.53. The van der Waals surface area contributed by atoms with E-state index < -0.39 is 35.6 Å². The largest absolute Gasteiger partial charge is 0.508 e. The van der Waals surface area contributed by atoms with Gasteiger partial charge in [0, 0.05) is 24.2 Å². The molecule has 0 saturated carbocycles. The van der Waals surface area contributed by atoms with Gasteiger partial charge in [0.1, 0.15) is 29.5 Å². The molecule has 7 N–H and O–H groups in total. The minimum absolute atomic E-state index is 0.105. The summed E-state index contributed by atoms with van der Waals surface area (Å²) in [7, 11) is 0. The van der Waals surface area contributed by atoms with E-state index in [1.807, 2.05) is 30.3 Å². The summed E-state index contributed by atoms with van der Waals surface area (Å²) in [6, 6.07) is 14.4. The van der Waals surface area contributed by atoms with Gasteiger partial charge in [0.15, 0.2) is 23.4 Å². The van der Waals surface area contributed by atoms with Gasteiger partial charge in [-0.15, -0.1) is 0 Å². The summed E-state index contributed by atoms with van der Waals surface area (Å²) in [4.78, 5) is 0.